The van der Waals surface area contributed by atoms with Crippen LogP contribution in [0.5, 0.6) is 0 Å². The highest BCUT2D eigenvalue weighted by atomic mass is 19.1. The minimum atomic E-state index is -0.498. The van der Waals surface area contributed by atoms with Gasteiger partial charge in [0.1, 0.15) is 11.6 Å². The van der Waals surface area contributed by atoms with E-state index in [1.165, 1.54) is 0 Å². The number of methoxy groups -OCH3 is 1. The molecule has 6 heteroatoms. The van der Waals surface area contributed by atoms with Crippen molar-refractivity contribution in [2.45, 2.75) is 13.0 Å². The summed E-state index contributed by atoms with van der Waals surface area (Å²) in [5.74, 6) is -1.18. The molecule has 2 N–H and O–H groups in total. The molecule has 1 aromatic rings. The molecule has 0 aliphatic heterocycles. The van der Waals surface area contributed by atoms with Gasteiger partial charge in [0, 0.05) is 32.4 Å². The average molecular weight is 272 g/mol. The molecule has 0 spiro atoms. The van der Waals surface area contributed by atoms with Crippen molar-refractivity contribution in [1.82, 2.24) is 10.6 Å². The number of hydrogen-bond acceptors (Lipinski definition) is 3. The number of hydrogen-bond donors (Lipinski definition) is 2. The summed E-state index contributed by atoms with van der Waals surface area (Å²) < 4.78 is 31.0. The highest BCUT2D eigenvalue weighted by Gasteiger charge is 2.05. The van der Waals surface area contributed by atoms with Crippen molar-refractivity contribution < 1.29 is 18.3 Å². The third-order valence-corrected chi connectivity index (χ3v) is 2.46. The van der Waals surface area contributed by atoms with Gasteiger partial charge in [0.25, 0.3) is 0 Å². The number of ether oxygens (including phenoxy) is 1. The molecule has 0 radical (unpaired) electrons. The maximum absolute atomic E-state index is 13.3. The van der Waals surface area contributed by atoms with Gasteiger partial charge in [-0.25, -0.2) is 8.78 Å². The Labute approximate surface area is 111 Å². The zero-order valence-electron chi connectivity index (χ0n) is 10.8. The minimum Gasteiger partial charge on any atom is -0.385 e. The molecule has 0 unspecified atom stereocenters. The molecule has 0 bridgehead atoms. The molecule has 0 aliphatic carbocycles. The molecule has 106 valence electrons. The summed E-state index contributed by atoms with van der Waals surface area (Å²) in [5, 5.41) is 5.44. The number of carbonyl (C=O) groups is 1. The summed E-state index contributed by atoms with van der Waals surface area (Å²) in [6, 6.07) is 3.23. The second-order valence-electron chi connectivity index (χ2n) is 4.04. The summed E-state index contributed by atoms with van der Waals surface area (Å²) in [6.45, 7) is 1.28. The quantitative estimate of drug-likeness (QED) is 0.699. The summed E-state index contributed by atoms with van der Waals surface area (Å²) in [5.41, 5.74) is 0.201. The van der Waals surface area contributed by atoms with Crippen molar-refractivity contribution in [2.75, 3.05) is 26.8 Å². The molecule has 0 saturated carbocycles. The van der Waals surface area contributed by atoms with Crippen LogP contribution in [0.4, 0.5) is 8.78 Å². The van der Waals surface area contributed by atoms with Gasteiger partial charge < -0.3 is 15.4 Å². The molecular formula is C13H18F2N2O2. The lowest BCUT2D eigenvalue weighted by molar-refractivity contribution is -0.120. The minimum absolute atomic E-state index is 0.0585. The fourth-order valence-corrected chi connectivity index (χ4v) is 1.50. The predicted octanol–water partition coefficient (Wildman–Crippen LogP) is 1.21. The van der Waals surface area contributed by atoms with Crippen LogP contribution in [0.25, 0.3) is 0 Å². The van der Waals surface area contributed by atoms with Gasteiger partial charge >= 0.3 is 0 Å². The topological polar surface area (TPSA) is 50.4 Å². The first-order chi connectivity index (χ1) is 9.13. The number of amides is 1. The normalized spacial score (nSPS) is 10.5. The lowest BCUT2D eigenvalue weighted by Crippen LogP contribution is -2.34. The van der Waals surface area contributed by atoms with Crippen LogP contribution in [-0.4, -0.2) is 32.7 Å². The molecular weight excluding hydrogens is 254 g/mol. The van der Waals surface area contributed by atoms with Gasteiger partial charge in [0.05, 0.1) is 6.54 Å². The van der Waals surface area contributed by atoms with Crippen molar-refractivity contribution in [3.8, 4) is 0 Å². The van der Waals surface area contributed by atoms with E-state index in [1.54, 1.807) is 7.11 Å². The van der Waals surface area contributed by atoms with E-state index in [2.05, 4.69) is 10.6 Å². The standard InChI is InChI=1S/C13H18F2N2O2/c1-19-6-2-5-17-13(18)9-16-8-10-7-11(14)3-4-12(10)15/h3-4,7,16H,2,5-6,8-9H2,1H3,(H,17,18). The van der Waals surface area contributed by atoms with E-state index in [0.29, 0.717) is 13.2 Å². The van der Waals surface area contributed by atoms with Gasteiger partial charge in [-0.2, -0.15) is 0 Å². The molecule has 0 aliphatic rings. The van der Waals surface area contributed by atoms with E-state index in [-0.39, 0.29) is 24.6 Å². The first kappa shape index (κ1) is 15.5. The van der Waals surface area contributed by atoms with Crippen molar-refractivity contribution in [3.05, 3.63) is 35.4 Å². The Kier molecular flexibility index (Phi) is 6.99. The van der Waals surface area contributed by atoms with Crippen molar-refractivity contribution in [2.24, 2.45) is 0 Å². The van der Waals surface area contributed by atoms with E-state index < -0.39 is 11.6 Å². The molecule has 0 aromatic heterocycles. The number of carbonyl (C=O) groups excluding carboxylic acids is 1. The Bertz CT molecular complexity index is 414. The molecule has 0 heterocycles. The van der Waals surface area contributed by atoms with Crippen LogP contribution in [0.2, 0.25) is 0 Å². The molecule has 1 rings (SSSR count). The smallest absolute Gasteiger partial charge is 0.233 e. The van der Waals surface area contributed by atoms with Crippen molar-refractivity contribution >= 4 is 5.91 Å². The van der Waals surface area contributed by atoms with E-state index in [0.717, 1.165) is 24.6 Å². The van der Waals surface area contributed by atoms with Gasteiger partial charge in [-0.15, -0.1) is 0 Å². The molecule has 0 saturated heterocycles. The van der Waals surface area contributed by atoms with Gasteiger partial charge in [0.2, 0.25) is 5.91 Å². The summed E-state index contributed by atoms with van der Waals surface area (Å²) >= 11 is 0. The van der Waals surface area contributed by atoms with Crippen molar-refractivity contribution in [3.63, 3.8) is 0 Å². The fourth-order valence-electron chi connectivity index (χ4n) is 1.50. The molecule has 4 nitrogen and oxygen atoms in total. The summed E-state index contributed by atoms with van der Waals surface area (Å²) in [7, 11) is 1.59. The monoisotopic (exact) mass is 272 g/mol. The van der Waals surface area contributed by atoms with Gasteiger partial charge in [-0.1, -0.05) is 0 Å². The van der Waals surface area contributed by atoms with E-state index in [4.69, 9.17) is 4.74 Å². The number of nitrogens with one attached hydrogen (secondary N) is 2. The summed E-state index contributed by atoms with van der Waals surface area (Å²) in [6.07, 6.45) is 0.737. The Hall–Kier alpha value is -1.53. The van der Waals surface area contributed by atoms with E-state index >= 15 is 0 Å². The van der Waals surface area contributed by atoms with Crippen LogP contribution in [0.3, 0.4) is 0 Å². The van der Waals surface area contributed by atoms with Crippen LogP contribution < -0.4 is 10.6 Å². The highest BCUT2D eigenvalue weighted by molar-refractivity contribution is 5.77. The predicted molar refractivity (Wildman–Crippen MR) is 67.6 cm³/mol. The Morgan fingerprint density at radius 3 is 2.89 bits per heavy atom. The van der Waals surface area contributed by atoms with E-state index in [1.807, 2.05) is 0 Å². The highest BCUT2D eigenvalue weighted by Crippen LogP contribution is 2.08. The molecule has 1 amide bonds. The lowest BCUT2D eigenvalue weighted by Gasteiger charge is -2.07. The molecule has 19 heavy (non-hydrogen) atoms. The van der Waals surface area contributed by atoms with Gasteiger partial charge in [-0.05, 0) is 24.6 Å². The van der Waals surface area contributed by atoms with Gasteiger partial charge in [-0.3, -0.25) is 4.79 Å². The van der Waals surface area contributed by atoms with Crippen LogP contribution in [-0.2, 0) is 16.1 Å². The number of benzene rings is 1. The van der Waals surface area contributed by atoms with Crippen molar-refractivity contribution in [1.29, 1.82) is 0 Å². The SMILES string of the molecule is COCCCNC(=O)CNCc1cc(F)ccc1F. The Balaban J connectivity index is 2.22. The summed E-state index contributed by atoms with van der Waals surface area (Å²) in [4.78, 5) is 11.4. The lowest BCUT2D eigenvalue weighted by atomic mass is 10.2. The second kappa shape index (κ2) is 8.55. The zero-order chi connectivity index (χ0) is 14.1. The average Bonchev–Trinajstić information content (AvgIpc) is 2.39. The second-order valence-corrected chi connectivity index (χ2v) is 4.04. The maximum atomic E-state index is 13.3. The van der Waals surface area contributed by atoms with Crippen LogP contribution in [0.15, 0.2) is 18.2 Å². The fraction of sp³-hybridized carbons (Fsp3) is 0.462. The first-order valence-corrected chi connectivity index (χ1v) is 6.03. The van der Waals surface area contributed by atoms with Crippen LogP contribution in [0, 0.1) is 11.6 Å². The van der Waals surface area contributed by atoms with Crippen LogP contribution in [0.1, 0.15) is 12.0 Å². The first-order valence-electron chi connectivity index (χ1n) is 6.03. The number of halogens is 2. The third kappa shape index (κ3) is 6.26. The molecule has 0 atom stereocenters. The molecule has 0 fully saturated rings. The largest absolute Gasteiger partial charge is 0.385 e. The molecule has 1 aromatic carbocycles. The van der Waals surface area contributed by atoms with E-state index in [9.17, 15) is 13.6 Å². The third-order valence-electron chi connectivity index (χ3n) is 2.46. The maximum Gasteiger partial charge on any atom is 0.233 e. The Morgan fingerprint density at radius 2 is 2.16 bits per heavy atom. The Morgan fingerprint density at radius 1 is 1.37 bits per heavy atom. The van der Waals surface area contributed by atoms with Crippen LogP contribution >= 0.6 is 0 Å². The van der Waals surface area contributed by atoms with Gasteiger partial charge in [0.15, 0.2) is 0 Å². The number of rotatable bonds is 8. The zero-order valence-corrected chi connectivity index (χ0v) is 10.8.